The van der Waals surface area contributed by atoms with Crippen LogP contribution in [0.25, 0.3) is 0 Å². The van der Waals surface area contributed by atoms with Crippen molar-refractivity contribution in [2.24, 2.45) is 11.3 Å². The Hall–Kier alpha value is -2.04. The number of ketones is 1. The van der Waals surface area contributed by atoms with E-state index in [-0.39, 0.29) is 12.6 Å². The van der Waals surface area contributed by atoms with Gasteiger partial charge in [0, 0.05) is 11.0 Å². The first-order chi connectivity index (χ1) is 8.52. The topological polar surface area (TPSA) is 72.8 Å². The number of hydrogen-bond acceptors (Lipinski definition) is 4. The Morgan fingerprint density at radius 3 is 2.72 bits per heavy atom. The van der Waals surface area contributed by atoms with Crippen LogP contribution in [0.5, 0.6) is 11.5 Å². The first-order valence-electron chi connectivity index (χ1n) is 5.69. The highest BCUT2D eigenvalue weighted by Crippen LogP contribution is 2.54. The van der Waals surface area contributed by atoms with Crippen LogP contribution in [-0.4, -0.2) is 23.7 Å². The van der Waals surface area contributed by atoms with Crippen molar-refractivity contribution in [3.05, 3.63) is 23.8 Å². The van der Waals surface area contributed by atoms with Crippen molar-refractivity contribution < 1.29 is 24.2 Å². The fourth-order valence-corrected chi connectivity index (χ4v) is 2.34. The van der Waals surface area contributed by atoms with Crippen LogP contribution in [0.3, 0.4) is 0 Å². The van der Waals surface area contributed by atoms with E-state index in [2.05, 4.69) is 0 Å². The van der Waals surface area contributed by atoms with Gasteiger partial charge in [0.1, 0.15) is 0 Å². The van der Waals surface area contributed by atoms with E-state index in [0.29, 0.717) is 23.5 Å². The molecular weight excluding hydrogens is 236 g/mol. The van der Waals surface area contributed by atoms with Crippen molar-refractivity contribution in [2.75, 3.05) is 6.79 Å². The fraction of sp³-hybridized carbons (Fsp3) is 0.385. The second kappa shape index (κ2) is 3.48. The number of hydrogen-bond donors (Lipinski definition) is 1. The summed E-state index contributed by atoms with van der Waals surface area (Å²) in [6.07, 6.45) is 0.398. The van der Waals surface area contributed by atoms with Gasteiger partial charge >= 0.3 is 5.97 Å². The number of aliphatic carboxylic acids is 1. The molecule has 0 aromatic heterocycles. The average molecular weight is 248 g/mol. The molecule has 2 atom stereocenters. The summed E-state index contributed by atoms with van der Waals surface area (Å²) in [5.74, 6) is -0.477. The number of fused-ring (bicyclic) bond motifs is 1. The predicted octanol–water partition coefficient (Wildman–Crippen LogP) is 1.71. The maximum absolute atomic E-state index is 12.3. The molecule has 2 aliphatic rings. The molecule has 0 saturated heterocycles. The molecule has 1 aliphatic carbocycles. The molecule has 0 spiro atoms. The van der Waals surface area contributed by atoms with Crippen LogP contribution in [0.4, 0.5) is 0 Å². The number of Topliss-reactive ketones (excluding diaryl/α,β-unsaturated/α-hetero) is 1. The van der Waals surface area contributed by atoms with Crippen LogP contribution in [0.1, 0.15) is 23.7 Å². The van der Waals surface area contributed by atoms with Crippen molar-refractivity contribution in [2.45, 2.75) is 13.3 Å². The van der Waals surface area contributed by atoms with Crippen LogP contribution in [0, 0.1) is 11.3 Å². The number of carbonyl (C=O) groups excluding carboxylic acids is 1. The van der Waals surface area contributed by atoms with E-state index in [1.54, 1.807) is 25.1 Å². The molecule has 1 N–H and O–H groups in total. The van der Waals surface area contributed by atoms with E-state index in [1.165, 1.54) is 0 Å². The molecule has 0 radical (unpaired) electrons. The molecule has 1 aromatic carbocycles. The van der Waals surface area contributed by atoms with Crippen LogP contribution >= 0.6 is 0 Å². The molecule has 1 heterocycles. The van der Waals surface area contributed by atoms with E-state index in [9.17, 15) is 9.59 Å². The van der Waals surface area contributed by atoms with Gasteiger partial charge in [0.05, 0.1) is 5.92 Å². The Labute approximate surface area is 103 Å². The van der Waals surface area contributed by atoms with Gasteiger partial charge in [-0.3, -0.25) is 9.59 Å². The SMILES string of the molecule is C[C@@]1(C(=O)c2ccc3c(c2)OCO3)C[C@@H]1C(=O)O. The Kier molecular flexibility index (Phi) is 2.14. The van der Waals surface area contributed by atoms with Gasteiger partial charge in [0.25, 0.3) is 0 Å². The van der Waals surface area contributed by atoms with Gasteiger partial charge in [-0.15, -0.1) is 0 Å². The number of carbonyl (C=O) groups is 2. The quantitative estimate of drug-likeness (QED) is 0.824. The zero-order chi connectivity index (χ0) is 12.9. The van der Waals surface area contributed by atoms with Gasteiger partial charge < -0.3 is 14.6 Å². The normalized spacial score (nSPS) is 27.9. The minimum Gasteiger partial charge on any atom is -0.481 e. The summed E-state index contributed by atoms with van der Waals surface area (Å²) in [5.41, 5.74) is -0.301. The summed E-state index contributed by atoms with van der Waals surface area (Å²) in [5, 5.41) is 8.94. The Bertz CT molecular complexity index is 550. The molecule has 1 aromatic rings. The zero-order valence-corrected chi connectivity index (χ0v) is 9.80. The van der Waals surface area contributed by atoms with Crippen molar-refractivity contribution in [3.63, 3.8) is 0 Å². The molecule has 1 saturated carbocycles. The van der Waals surface area contributed by atoms with Crippen molar-refractivity contribution >= 4 is 11.8 Å². The maximum Gasteiger partial charge on any atom is 0.307 e. The first-order valence-corrected chi connectivity index (χ1v) is 5.69. The van der Waals surface area contributed by atoms with Crippen molar-refractivity contribution in [1.82, 2.24) is 0 Å². The molecule has 5 heteroatoms. The Morgan fingerprint density at radius 1 is 1.33 bits per heavy atom. The molecule has 0 bridgehead atoms. The summed E-state index contributed by atoms with van der Waals surface area (Å²) >= 11 is 0. The van der Waals surface area contributed by atoms with Crippen LogP contribution in [-0.2, 0) is 4.79 Å². The lowest BCUT2D eigenvalue weighted by atomic mass is 9.94. The lowest BCUT2D eigenvalue weighted by Gasteiger charge is -2.09. The third kappa shape index (κ3) is 1.47. The highest BCUT2D eigenvalue weighted by Gasteiger charge is 2.60. The number of rotatable bonds is 3. The second-order valence-electron chi connectivity index (χ2n) is 4.91. The minimum absolute atomic E-state index is 0.145. The van der Waals surface area contributed by atoms with E-state index in [1.807, 2.05) is 0 Å². The number of ether oxygens (including phenoxy) is 2. The third-order valence-corrected chi connectivity index (χ3v) is 3.69. The molecule has 94 valence electrons. The molecule has 3 rings (SSSR count). The highest BCUT2D eigenvalue weighted by atomic mass is 16.7. The molecule has 18 heavy (non-hydrogen) atoms. The minimum atomic E-state index is -0.911. The van der Waals surface area contributed by atoms with E-state index < -0.39 is 17.3 Å². The maximum atomic E-state index is 12.3. The largest absolute Gasteiger partial charge is 0.481 e. The summed E-state index contributed by atoms with van der Waals surface area (Å²) < 4.78 is 10.4. The monoisotopic (exact) mass is 248 g/mol. The standard InChI is InChI=1S/C13H12O5/c1-13(5-8(13)12(15)16)11(14)7-2-3-9-10(4-7)18-6-17-9/h2-4,8H,5-6H2,1H3,(H,15,16)/t8-,13-/m1/s1. The van der Waals surface area contributed by atoms with Gasteiger partial charge in [-0.25, -0.2) is 0 Å². The van der Waals surface area contributed by atoms with Crippen LogP contribution in [0.15, 0.2) is 18.2 Å². The number of benzene rings is 1. The predicted molar refractivity (Wildman–Crippen MR) is 60.7 cm³/mol. The Morgan fingerprint density at radius 2 is 2.06 bits per heavy atom. The fourth-order valence-electron chi connectivity index (χ4n) is 2.34. The van der Waals surface area contributed by atoms with Crippen LogP contribution < -0.4 is 9.47 Å². The summed E-state index contributed by atoms with van der Waals surface area (Å²) in [6.45, 7) is 1.85. The molecule has 1 aliphatic heterocycles. The lowest BCUT2D eigenvalue weighted by Crippen LogP contribution is -2.18. The lowest BCUT2D eigenvalue weighted by molar-refractivity contribution is -0.139. The van der Waals surface area contributed by atoms with Gasteiger partial charge in [-0.1, -0.05) is 6.92 Å². The van der Waals surface area contributed by atoms with E-state index in [0.717, 1.165) is 0 Å². The van der Waals surface area contributed by atoms with E-state index in [4.69, 9.17) is 14.6 Å². The molecular formula is C13H12O5. The summed E-state index contributed by atoms with van der Waals surface area (Å²) in [4.78, 5) is 23.2. The van der Waals surface area contributed by atoms with Gasteiger partial charge in [-0.2, -0.15) is 0 Å². The number of carboxylic acid groups (broad SMARTS) is 1. The van der Waals surface area contributed by atoms with Gasteiger partial charge in [0.2, 0.25) is 6.79 Å². The van der Waals surface area contributed by atoms with Crippen molar-refractivity contribution in [1.29, 1.82) is 0 Å². The molecule has 5 nitrogen and oxygen atoms in total. The van der Waals surface area contributed by atoms with Crippen LogP contribution in [0.2, 0.25) is 0 Å². The molecule has 1 fully saturated rings. The van der Waals surface area contributed by atoms with Crippen molar-refractivity contribution in [3.8, 4) is 11.5 Å². The molecule has 0 unspecified atom stereocenters. The second-order valence-corrected chi connectivity index (χ2v) is 4.91. The molecule has 0 amide bonds. The van der Waals surface area contributed by atoms with Gasteiger partial charge in [-0.05, 0) is 24.6 Å². The summed E-state index contributed by atoms with van der Waals surface area (Å²) in [6, 6.07) is 4.95. The van der Waals surface area contributed by atoms with E-state index >= 15 is 0 Å². The third-order valence-electron chi connectivity index (χ3n) is 3.69. The summed E-state index contributed by atoms with van der Waals surface area (Å²) in [7, 11) is 0. The number of carboxylic acids is 1. The zero-order valence-electron chi connectivity index (χ0n) is 9.80. The Balaban J connectivity index is 1.88. The smallest absolute Gasteiger partial charge is 0.307 e. The average Bonchev–Trinajstić information content (AvgIpc) is 2.85. The van der Waals surface area contributed by atoms with Gasteiger partial charge in [0.15, 0.2) is 17.3 Å². The first kappa shape index (κ1) is 11.1. The highest BCUT2D eigenvalue weighted by molar-refractivity contribution is 6.05.